The van der Waals surface area contributed by atoms with E-state index in [1.54, 1.807) is 45.0 Å². The number of carbonyl (C=O) groups excluding carboxylic acids is 2. The van der Waals surface area contributed by atoms with E-state index in [1.165, 1.54) is 33.1 Å². The molecule has 4 rings (SSSR count). The van der Waals surface area contributed by atoms with Crippen LogP contribution >= 0.6 is 12.4 Å². The molecule has 2 aromatic rings. The minimum absolute atomic E-state index is 0. The normalized spacial score (nSPS) is 23.9. The Bertz CT molecular complexity index is 1800. The van der Waals surface area contributed by atoms with Crippen LogP contribution in [-0.2, 0) is 29.6 Å². The van der Waals surface area contributed by atoms with Crippen LogP contribution in [0.25, 0.3) is 0 Å². The summed E-state index contributed by atoms with van der Waals surface area (Å²) in [6.45, 7) is 17.0. The molecule has 6 N–H and O–H groups in total. The number of alkyl carbamates (subject to hydrolysis) is 1. The second-order valence-corrected chi connectivity index (χ2v) is 21.2. The third kappa shape index (κ3) is 14.4. The number of pyridine rings is 2. The Balaban J connectivity index is 0.000000437. The minimum atomic E-state index is -3.93. The van der Waals surface area contributed by atoms with Gasteiger partial charge in [0.2, 0.25) is 5.91 Å². The van der Waals surface area contributed by atoms with Crippen molar-refractivity contribution in [2.45, 2.75) is 128 Å². The number of amides is 2. The molecule has 2 aromatic heterocycles. The highest BCUT2D eigenvalue weighted by Gasteiger charge is 2.42. The number of hydrogen-bond acceptors (Lipinski definition) is 12. The van der Waals surface area contributed by atoms with Crippen LogP contribution in [0.5, 0.6) is 0 Å². The SMILES string of the molecule is CC(C)CC(NC(=O)OC(C)(C)C)C(=O)NC1CC(C)(C)CN(S(=O)(=O)c2ccccn2)CC1O.CC1(C)CC(N)C(O)CN(S(=O)(=O)c2ccccn2)C1.Cl. The van der Waals surface area contributed by atoms with Crippen LogP contribution in [-0.4, -0.2) is 120 Å². The topological polar surface area (TPSA) is 234 Å². The van der Waals surface area contributed by atoms with Crippen LogP contribution in [0, 0.1) is 16.7 Å². The number of aliphatic hydroxyl groups excluding tert-OH is 2. The van der Waals surface area contributed by atoms with E-state index >= 15 is 0 Å². The Morgan fingerprint density at radius 1 is 0.875 bits per heavy atom. The van der Waals surface area contributed by atoms with Gasteiger partial charge in [-0.15, -0.1) is 12.4 Å². The van der Waals surface area contributed by atoms with Crippen molar-refractivity contribution < 1.29 is 41.4 Å². The molecule has 4 heterocycles. The molecule has 5 unspecified atom stereocenters. The Morgan fingerprint density at radius 3 is 1.77 bits per heavy atom. The molecule has 2 fully saturated rings. The summed E-state index contributed by atoms with van der Waals surface area (Å²) >= 11 is 0. The molecule has 2 aliphatic heterocycles. The van der Waals surface area contributed by atoms with Gasteiger partial charge in [-0.2, -0.15) is 8.61 Å². The number of sulfonamides is 2. The molecule has 2 amide bonds. The number of β-amino-alcohol motifs (C(OH)–C–C–N with tert-alkyl or cyclic N) is 2. The van der Waals surface area contributed by atoms with Gasteiger partial charge in [0, 0.05) is 44.6 Å². The summed E-state index contributed by atoms with van der Waals surface area (Å²) < 4.78 is 59.3. The van der Waals surface area contributed by atoms with Gasteiger partial charge in [0.05, 0.1) is 18.2 Å². The molecular formula is C37H62ClN7O9S2. The molecule has 0 spiro atoms. The van der Waals surface area contributed by atoms with Crippen LogP contribution < -0.4 is 16.4 Å². The molecule has 56 heavy (non-hydrogen) atoms. The van der Waals surface area contributed by atoms with Crippen LogP contribution in [0.4, 0.5) is 4.79 Å². The Kier molecular flexibility index (Phi) is 17.3. The number of aromatic nitrogens is 2. The predicted molar refractivity (Wildman–Crippen MR) is 215 cm³/mol. The van der Waals surface area contributed by atoms with Crippen molar-refractivity contribution in [1.29, 1.82) is 0 Å². The predicted octanol–water partition coefficient (Wildman–Crippen LogP) is 2.90. The summed E-state index contributed by atoms with van der Waals surface area (Å²) in [6, 6.07) is 7.39. The molecule has 0 saturated carbocycles. The van der Waals surface area contributed by atoms with Gasteiger partial charge in [0.25, 0.3) is 20.0 Å². The number of rotatable bonds is 9. The first kappa shape index (κ1) is 49.2. The zero-order chi connectivity index (χ0) is 41.6. The van der Waals surface area contributed by atoms with Gasteiger partial charge in [-0.05, 0) is 81.0 Å². The Hall–Kier alpha value is -2.97. The molecule has 0 radical (unpaired) electrons. The molecule has 318 valence electrons. The lowest BCUT2D eigenvalue weighted by molar-refractivity contribution is -0.125. The molecule has 0 aromatic carbocycles. The number of nitrogens with one attached hydrogen (secondary N) is 2. The maximum absolute atomic E-state index is 13.2. The average molecular weight is 849 g/mol. The monoisotopic (exact) mass is 847 g/mol. The number of halogens is 1. The molecule has 2 aliphatic rings. The van der Waals surface area contributed by atoms with E-state index in [9.17, 15) is 36.6 Å². The Morgan fingerprint density at radius 2 is 1.34 bits per heavy atom. The zero-order valence-electron chi connectivity index (χ0n) is 33.9. The lowest BCUT2D eigenvalue weighted by Gasteiger charge is -2.31. The van der Waals surface area contributed by atoms with Crippen molar-refractivity contribution in [2.24, 2.45) is 22.5 Å². The maximum atomic E-state index is 13.2. The number of aliphatic hydroxyl groups is 2. The summed E-state index contributed by atoms with van der Waals surface area (Å²) in [5.41, 5.74) is 4.35. The van der Waals surface area contributed by atoms with Gasteiger partial charge >= 0.3 is 6.09 Å². The number of ether oxygens (including phenoxy) is 1. The van der Waals surface area contributed by atoms with Crippen LogP contribution in [0.1, 0.15) is 81.6 Å². The number of hydrogen-bond donors (Lipinski definition) is 5. The first-order valence-corrected chi connectivity index (χ1v) is 21.3. The fourth-order valence-electron chi connectivity index (χ4n) is 6.61. The molecular weight excluding hydrogens is 786 g/mol. The van der Waals surface area contributed by atoms with E-state index in [0.717, 1.165) is 0 Å². The third-order valence-corrected chi connectivity index (χ3v) is 12.5. The van der Waals surface area contributed by atoms with E-state index in [1.807, 2.05) is 41.5 Å². The zero-order valence-corrected chi connectivity index (χ0v) is 36.3. The largest absolute Gasteiger partial charge is 0.444 e. The fraction of sp³-hybridized carbons (Fsp3) is 0.676. The molecule has 0 bridgehead atoms. The van der Waals surface area contributed by atoms with E-state index in [-0.39, 0.29) is 53.4 Å². The lowest BCUT2D eigenvalue weighted by atomic mass is 9.85. The van der Waals surface area contributed by atoms with Crippen LogP contribution in [0.2, 0.25) is 0 Å². The first-order valence-electron chi connectivity index (χ1n) is 18.5. The van der Waals surface area contributed by atoms with Crippen molar-refractivity contribution in [3.63, 3.8) is 0 Å². The van der Waals surface area contributed by atoms with Gasteiger partial charge in [-0.1, -0.05) is 53.7 Å². The van der Waals surface area contributed by atoms with Crippen molar-refractivity contribution >= 4 is 44.5 Å². The van der Waals surface area contributed by atoms with Crippen LogP contribution in [0.15, 0.2) is 58.8 Å². The van der Waals surface area contributed by atoms with E-state index in [0.29, 0.717) is 25.8 Å². The fourth-order valence-corrected chi connectivity index (χ4v) is 9.77. The maximum Gasteiger partial charge on any atom is 0.408 e. The summed E-state index contributed by atoms with van der Waals surface area (Å²) in [5, 5.41) is 26.4. The lowest BCUT2D eigenvalue weighted by Crippen LogP contribution is -2.54. The van der Waals surface area contributed by atoms with Crippen molar-refractivity contribution in [2.75, 3.05) is 26.2 Å². The van der Waals surface area contributed by atoms with Gasteiger partial charge in [0.15, 0.2) is 10.1 Å². The first-order chi connectivity index (χ1) is 25.2. The highest BCUT2D eigenvalue weighted by atomic mass is 35.5. The second kappa shape index (κ2) is 19.7. The molecule has 19 heteroatoms. The molecule has 16 nitrogen and oxygen atoms in total. The van der Waals surface area contributed by atoms with E-state index < -0.39 is 73.4 Å². The molecule has 0 aliphatic carbocycles. The highest BCUT2D eigenvalue weighted by Crippen LogP contribution is 2.32. The highest BCUT2D eigenvalue weighted by molar-refractivity contribution is 7.89. The summed E-state index contributed by atoms with van der Waals surface area (Å²) in [5.74, 6) is -0.347. The van der Waals surface area contributed by atoms with Gasteiger partial charge < -0.3 is 31.3 Å². The standard InChI is InChI=1S/C24H40N4O6S.C13H21N3O3S.ClH/c1-16(2)12-17(27-22(31)34-23(3,4)5)21(30)26-18-13-24(6,7)15-28(14-19(18)29)35(32,33)20-10-8-9-11-25-20;1-13(2)7-10(14)11(17)8-16(9-13)20(18,19)12-5-3-4-6-15-12;/h8-11,16-19,29H,12-15H2,1-7H3,(H,26,30)(H,27,31);3-6,10-11,17H,7-9,14H2,1-2H3;1H. The average Bonchev–Trinajstić information content (AvgIpc) is 3.25. The minimum Gasteiger partial charge on any atom is -0.444 e. The van der Waals surface area contributed by atoms with Crippen LogP contribution in [0.3, 0.4) is 0 Å². The van der Waals surface area contributed by atoms with Crippen molar-refractivity contribution in [3.05, 3.63) is 48.8 Å². The van der Waals surface area contributed by atoms with Gasteiger partial charge in [0.1, 0.15) is 11.6 Å². The third-order valence-electron chi connectivity index (χ3n) is 9.04. The summed E-state index contributed by atoms with van der Waals surface area (Å²) in [6.07, 6.45) is 1.41. The number of nitrogens with two attached hydrogens (primary N) is 1. The van der Waals surface area contributed by atoms with E-state index in [4.69, 9.17) is 10.5 Å². The second-order valence-electron chi connectivity index (χ2n) is 17.4. The molecule has 5 atom stereocenters. The van der Waals surface area contributed by atoms with Crippen molar-refractivity contribution in [3.8, 4) is 0 Å². The van der Waals surface area contributed by atoms with E-state index in [2.05, 4.69) is 20.6 Å². The van der Waals surface area contributed by atoms with Gasteiger partial charge in [-0.25, -0.2) is 31.6 Å². The quantitative estimate of drug-likeness (QED) is 0.245. The molecule has 2 saturated heterocycles. The summed E-state index contributed by atoms with van der Waals surface area (Å²) in [7, 11) is -7.64. The smallest absolute Gasteiger partial charge is 0.408 e. The summed E-state index contributed by atoms with van der Waals surface area (Å²) in [4.78, 5) is 33.4. The Labute approximate surface area is 338 Å². The number of carbonyl (C=O) groups is 2. The van der Waals surface area contributed by atoms with Crippen molar-refractivity contribution in [1.82, 2.24) is 29.2 Å². The van der Waals surface area contributed by atoms with Gasteiger partial charge in [-0.3, -0.25) is 4.79 Å². The number of nitrogens with zero attached hydrogens (tertiary/aromatic N) is 4.